The standard InChI is InChI=1S/C12H25N3O/c1-3-15(10-12(16)13-2)8-6-11-5-4-7-14-9-11/h11,14H,3-10H2,1-2H3,(H,13,16). The second-order valence-electron chi connectivity index (χ2n) is 4.54. The Hall–Kier alpha value is -0.610. The van der Waals surface area contributed by atoms with Crippen molar-refractivity contribution in [2.24, 2.45) is 5.92 Å². The first-order chi connectivity index (χ1) is 7.76. The number of carbonyl (C=O) groups excluding carboxylic acids is 1. The van der Waals surface area contributed by atoms with Gasteiger partial charge in [-0.1, -0.05) is 6.92 Å². The fraction of sp³-hybridized carbons (Fsp3) is 0.917. The van der Waals surface area contributed by atoms with Gasteiger partial charge in [0.15, 0.2) is 0 Å². The summed E-state index contributed by atoms with van der Waals surface area (Å²) in [5, 5.41) is 6.11. The second-order valence-corrected chi connectivity index (χ2v) is 4.54. The van der Waals surface area contributed by atoms with E-state index in [9.17, 15) is 4.79 Å². The SMILES string of the molecule is CCN(CCC1CCCNC1)CC(=O)NC. The van der Waals surface area contributed by atoms with Gasteiger partial charge in [0.1, 0.15) is 0 Å². The Kier molecular flexibility index (Phi) is 6.42. The quantitative estimate of drug-likeness (QED) is 0.692. The van der Waals surface area contributed by atoms with E-state index in [0.29, 0.717) is 6.54 Å². The highest BCUT2D eigenvalue weighted by Gasteiger charge is 2.15. The van der Waals surface area contributed by atoms with Crippen LogP contribution in [-0.2, 0) is 4.79 Å². The molecule has 2 N–H and O–H groups in total. The lowest BCUT2D eigenvalue weighted by Gasteiger charge is -2.26. The van der Waals surface area contributed by atoms with Gasteiger partial charge in [-0.2, -0.15) is 0 Å². The molecule has 1 fully saturated rings. The van der Waals surface area contributed by atoms with E-state index in [-0.39, 0.29) is 5.91 Å². The van der Waals surface area contributed by atoms with Crippen LogP contribution >= 0.6 is 0 Å². The first kappa shape index (κ1) is 13.5. The number of rotatable bonds is 6. The minimum absolute atomic E-state index is 0.114. The molecule has 1 atom stereocenters. The molecule has 16 heavy (non-hydrogen) atoms. The van der Waals surface area contributed by atoms with Crippen molar-refractivity contribution in [2.45, 2.75) is 26.2 Å². The number of nitrogens with one attached hydrogen (secondary N) is 2. The molecular weight excluding hydrogens is 202 g/mol. The van der Waals surface area contributed by atoms with E-state index < -0.39 is 0 Å². The van der Waals surface area contributed by atoms with Crippen molar-refractivity contribution in [1.29, 1.82) is 0 Å². The summed E-state index contributed by atoms with van der Waals surface area (Å²) in [6.45, 7) is 6.96. The lowest BCUT2D eigenvalue weighted by atomic mass is 9.96. The Morgan fingerprint density at radius 1 is 1.56 bits per heavy atom. The van der Waals surface area contributed by atoms with Gasteiger partial charge in [0.2, 0.25) is 5.91 Å². The zero-order valence-corrected chi connectivity index (χ0v) is 10.6. The molecule has 1 amide bonds. The second kappa shape index (κ2) is 7.63. The summed E-state index contributed by atoms with van der Waals surface area (Å²) < 4.78 is 0. The maximum atomic E-state index is 11.3. The Balaban J connectivity index is 2.19. The molecule has 0 saturated carbocycles. The van der Waals surface area contributed by atoms with E-state index in [0.717, 1.165) is 25.6 Å². The van der Waals surface area contributed by atoms with Gasteiger partial charge in [0.05, 0.1) is 6.54 Å². The Bertz CT molecular complexity index is 202. The van der Waals surface area contributed by atoms with Crippen molar-refractivity contribution in [3.8, 4) is 0 Å². The Morgan fingerprint density at radius 2 is 2.38 bits per heavy atom. The average Bonchev–Trinajstić information content (AvgIpc) is 2.35. The summed E-state index contributed by atoms with van der Waals surface area (Å²) in [6, 6.07) is 0. The van der Waals surface area contributed by atoms with Gasteiger partial charge >= 0.3 is 0 Å². The van der Waals surface area contributed by atoms with Gasteiger partial charge in [0.25, 0.3) is 0 Å². The summed E-state index contributed by atoms with van der Waals surface area (Å²) in [6.07, 6.45) is 3.84. The van der Waals surface area contributed by atoms with Crippen LogP contribution in [0, 0.1) is 5.92 Å². The highest BCUT2D eigenvalue weighted by atomic mass is 16.1. The molecule has 0 radical (unpaired) electrons. The summed E-state index contributed by atoms with van der Waals surface area (Å²) in [5.41, 5.74) is 0. The molecule has 1 unspecified atom stereocenters. The number of piperidine rings is 1. The van der Waals surface area contributed by atoms with Crippen LogP contribution in [0.3, 0.4) is 0 Å². The molecule has 0 aromatic carbocycles. The van der Waals surface area contributed by atoms with Crippen LogP contribution in [0.5, 0.6) is 0 Å². The molecule has 0 aliphatic carbocycles. The normalized spacial score (nSPS) is 21.1. The smallest absolute Gasteiger partial charge is 0.233 e. The van der Waals surface area contributed by atoms with Gasteiger partial charge in [-0.05, 0) is 51.4 Å². The highest BCUT2D eigenvalue weighted by Crippen LogP contribution is 2.14. The predicted molar refractivity (Wildman–Crippen MR) is 66.4 cm³/mol. The first-order valence-corrected chi connectivity index (χ1v) is 6.40. The summed E-state index contributed by atoms with van der Waals surface area (Å²) >= 11 is 0. The van der Waals surface area contributed by atoms with Crippen LogP contribution in [0.15, 0.2) is 0 Å². The van der Waals surface area contributed by atoms with Crippen LogP contribution in [-0.4, -0.2) is 50.6 Å². The number of carbonyl (C=O) groups is 1. The number of hydrogen-bond donors (Lipinski definition) is 2. The van der Waals surface area contributed by atoms with Gasteiger partial charge in [-0.25, -0.2) is 0 Å². The number of nitrogens with zero attached hydrogens (tertiary/aromatic N) is 1. The topological polar surface area (TPSA) is 44.4 Å². The third-order valence-corrected chi connectivity index (χ3v) is 3.35. The summed E-state index contributed by atoms with van der Waals surface area (Å²) in [5.74, 6) is 0.913. The third-order valence-electron chi connectivity index (χ3n) is 3.35. The monoisotopic (exact) mass is 227 g/mol. The summed E-state index contributed by atoms with van der Waals surface area (Å²) in [7, 11) is 1.70. The van der Waals surface area contributed by atoms with Crippen molar-refractivity contribution in [3.05, 3.63) is 0 Å². The van der Waals surface area contributed by atoms with E-state index in [1.54, 1.807) is 7.05 Å². The molecule has 0 bridgehead atoms. The molecule has 0 aromatic rings. The minimum atomic E-state index is 0.114. The number of hydrogen-bond acceptors (Lipinski definition) is 3. The van der Waals surface area contributed by atoms with Gasteiger partial charge in [-0.15, -0.1) is 0 Å². The van der Waals surface area contributed by atoms with Crippen molar-refractivity contribution in [1.82, 2.24) is 15.5 Å². The van der Waals surface area contributed by atoms with Crippen LogP contribution in [0.4, 0.5) is 0 Å². The van der Waals surface area contributed by atoms with Gasteiger partial charge in [0, 0.05) is 7.05 Å². The maximum Gasteiger partial charge on any atom is 0.233 e. The molecule has 1 rings (SSSR count). The van der Waals surface area contributed by atoms with Crippen molar-refractivity contribution in [2.75, 3.05) is 39.8 Å². The lowest BCUT2D eigenvalue weighted by Crippen LogP contribution is -2.38. The third kappa shape index (κ3) is 4.94. The molecule has 4 nitrogen and oxygen atoms in total. The van der Waals surface area contributed by atoms with Gasteiger partial charge in [-0.3, -0.25) is 9.69 Å². The highest BCUT2D eigenvalue weighted by molar-refractivity contribution is 5.77. The zero-order valence-electron chi connectivity index (χ0n) is 10.6. The number of amides is 1. The molecule has 1 heterocycles. The van der Waals surface area contributed by atoms with E-state index in [4.69, 9.17) is 0 Å². The molecule has 4 heteroatoms. The molecule has 0 spiro atoms. The maximum absolute atomic E-state index is 11.3. The predicted octanol–water partition coefficient (Wildman–Crippen LogP) is 0.444. The largest absolute Gasteiger partial charge is 0.358 e. The number of likely N-dealkylation sites (N-methyl/N-ethyl adjacent to an activating group) is 2. The average molecular weight is 227 g/mol. The first-order valence-electron chi connectivity index (χ1n) is 6.40. The van der Waals surface area contributed by atoms with E-state index >= 15 is 0 Å². The van der Waals surface area contributed by atoms with Crippen LogP contribution < -0.4 is 10.6 Å². The molecule has 0 aromatic heterocycles. The summed E-state index contributed by atoms with van der Waals surface area (Å²) in [4.78, 5) is 13.5. The van der Waals surface area contributed by atoms with E-state index in [1.165, 1.54) is 25.8 Å². The minimum Gasteiger partial charge on any atom is -0.358 e. The van der Waals surface area contributed by atoms with Crippen molar-refractivity contribution >= 4 is 5.91 Å². The van der Waals surface area contributed by atoms with Crippen LogP contribution in [0.2, 0.25) is 0 Å². The van der Waals surface area contributed by atoms with Gasteiger partial charge < -0.3 is 10.6 Å². The molecular formula is C12H25N3O. The fourth-order valence-electron chi connectivity index (χ4n) is 2.17. The molecule has 94 valence electrons. The van der Waals surface area contributed by atoms with Crippen molar-refractivity contribution < 1.29 is 4.79 Å². The van der Waals surface area contributed by atoms with Crippen molar-refractivity contribution in [3.63, 3.8) is 0 Å². The van der Waals surface area contributed by atoms with E-state index in [2.05, 4.69) is 22.5 Å². The molecule has 1 aliphatic heterocycles. The molecule has 1 aliphatic rings. The Morgan fingerprint density at radius 3 is 2.94 bits per heavy atom. The van der Waals surface area contributed by atoms with E-state index in [1.807, 2.05) is 0 Å². The lowest BCUT2D eigenvalue weighted by molar-refractivity contribution is -0.121. The zero-order chi connectivity index (χ0) is 11.8. The fourth-order valence-corrected chi connectivity index (χ4v) is 2.17. The van der Waals surface area contributed by atoms with Crippen LogP contribution in [0.25, 0.3) is 0 Å². The molecule has 1 saturated heterocycles. The Labute approximate surface area is 98.8 Å². The van der Waals surface area contributed by atoms with Crippen LogP contribution in [0.1, 0.15) is 26.2 Å².